The standard InChI is InChI=1S/C15H15F8N5O2/c1-27(2-3-29)6-9-25-11(14(18,19)20)10(12(30)26-9)8-4-24-28(5-8)7-13(16,17)15(21,22)23/h4-5,29H,2-3,6-7H2,1H3,(H,25,26,30). The zero-order chi connectivity index (χ0) is 22.9. The second-order valence-corrected chi connectivity index (χ2v) is 6.32. The molecule has 0 atom stereocenters. The summed E-state index contributed by atoms with van der Waals surface area (Å²) in [7, 11) is 1.45. The van der Waals surface area contributed by atoms with Crippen LogP contribution in [0.3, 0.4) is 0 Å². The normalized spacial score (nSPS) is 13.3. The predicted molar refractivity (Wildman–Crippen MR) is 85.5 cm³/mol. The average molecular weight is 449 g/mol. The largest absolute Gasteiger partial charge is 0.455 e. The fourth-order valence-corrected chi connectivity index (χ4v) is 2.45. The molecule has 2 aromatic rings. The van der Waals surface area contributed by atoms with E-state index in [2.05, 4.69) is 15.1 Å². The number of nitrogens with one attached hydrogen (secondary N) is 1. The van der Waals surface area contributed by atoms with E-state index in [1.54, 1.807) is 0 Å². The molecule has 2 N–H and O–H groups in total. The molecule has 2 rings (SSSR count). The van der Waals surface area contributed by atoms with Gasteiger partial charge in [-0.3, -0.25) is 14.4 Å². The Morgan fingerprint density at radius 3 is 2.33 bits per heavy atom. The van der Waals surface area contributed by atoms with Crippen LogP contribution in [0.5, 0.6) is 0 Å². The van der Waals surface area contributed by atoms with Crippen LogP contribution in [0.1, 0.15) is 11.5 Å². The van der Waals surface area contributed by atoms with E-state index in [0.717, 1.165) is 0 Å². The van der Waals surface area contributed by atoms with Crippen molar-refractivity contribution in [3.8, 4) is 11.1 Å². The highest BCUT2D eigenvalue weighted by atomic mass is 19.4. The first kappa shape index (κ1) is 23.7. The van der Waals surface area contributed by atoms with Gasteiger partial charge < -0.3 is 10.1 Å². The smallest absolute Gasteiger partial charge is 0.395 e. The molecule has 0 aromatic carbocycles. The van der Waals surface area contributed by atoms with Crippen LogP contribution in [-0.2, 0) is 19.3 Å². The van der Waals surface area contributed by atoms with Crippen molar-refractivity contribution in [1.82, 2.24) is 24.6 Å². The van der Waals surface area contributed by atoms with Crippen molar-refractivity contribution < 1.29 is 40.2 Å². The summed E-state index contributed by atoms with van der Waals surface area (Å²) in [5.74, 6) is -5.57. The van der Waals surface area contributed by atoms with E-state index in [1.807, 2.05) is 0 Å². The van der Waals surface area contributed by atoms with Gasteiger partial charge in [0.25, 0.3) is 5.56 Å². The van der Waals surface area contributed by atoms with Crippen molar-refractivity contribution in [2.75, 3.05) is 20.2 Å². The highest BCUT2D eigenvalue weighted by Crippen LogP contribution is 2.37. The maximum absolute atomic E-state index is 13.4. The van der Waals surface area contributed by atoms with Gasteiger partial charge >= 0.3 is 18.3 Å². The lowest BCUT2D eigenvalue weighted by atomic mass is 10.1. The Kier molecular flexibility index (Phi) is 6.56. The molecule has 2 aromatic heterocycles. The number of hydrogen-bond donors (Lipinski definition) is 2. The summed E-state index contributed by atoms with van der Waals surface area (Å²) < 4.78 is 104. The van der Waals surface area contributed by atoms with Crippen LogP contribution in [0.15, 0.2) is 17.2 Å². The Hall–Kier alpha value is -2.55. The van der Waals surface area contributed by atoms with Crippen LogP contribution in [0.4, 0.5) is 35.1 Å². The molecular weight excluding hydrogens is 434 g/mol. The number of H-pyrrole nitrogens is 1. The molecule has 0 aliphatic heterocycles. The summed E-state index contributed by atoms with van der Waals surface area (Å²) in [6, 6.07) is 0. The summed E-state index contributed by atoms with van der Waals surface area (Å²) in [5.41, 5.74) is -4.64. The summed E-state index contributed by atoms with van der Waals surface area (Å²) in [6.07, 6.45) is -9.99. The number of aromatic amines is 1. The Balaban J connectivity index is 2.47. The highest BCUT2D eigenvalue weighted by molar-refractivity contribution is 5.64. The van der Waals surface area contributed by atoms with Crippen LogP contribution >= 0.6 is 0 Å². The van der Waals surface area contributed by atoms with Crippen LogP contribution < -0.4 is 5.56 Å². The lowest BCUT2D eigenvalue weighted by Gasteiger charge is -2.19. The number of likely N-dealkylation sites (N-methyl/N-ethyl adjacent to an activating group) is 1. The molecule has 30 heavy (non-hydrogen) atoms. The fraction of sp³-hybridized carbons (Fsp3) is 0.533. The lowest BCUT2D eigenvalue weighted by molar-refractivity contribution is -0.287. The summed E-state index contributed by atoms with van der Waals surface area (Å²) in [6.45, 7) is -2.46. The van der Waals surface area contributed by atoms with Crippen molar-refractivity contribution in [2.45, 2.75) is 31.4 Å². The number of halogens is 8. The van der Waals surface area contributed by atoms with E-state index in [1.165, 1.54) is 11.9 Å². The molecule has 0 radical (unpaired) electrons. The fourth-order valence-electron chi connectivity index (χ4n) is 2.45. The van der Waals surface area contributed by atoms with Gasteiger partial charge in [0.1, 0.15) is 12.4 Å². The van der Waals surface area contributed by atoms with E-state index < -0.39 is 47.2 Å². The molecule has 0 spiro atoms. The first-order valence-corrected chi connectivity index (χ1v) is 8.13. The molecule has 0 fully saturated rings. The third kappa shape index (κ3) is 5.33. The van der Waals surface area contributed by atoms with Gasteiger partial charge in [-0.15, -0.1) is 0 Å². The first-order chi connectivity index (χ1) is 13.7. The Bertz CT molecular complexity index is 934. The third-order valence-electron chi connectivity index (χ3n) is 3.84. The van der Waals surface area contributed by atoms with Gasteiger partial charge in [0.15, 0.2) is 5.69 Å². The predicted octanol–water partition coefficient (Wildman–Crippen LogP) is 2.27. The van der Waals surface area contributed by atoms with Gasteiger partial charge in [0, 0.05) is 18.3 Å². The highest BCUT2D eigenvalue weighted by Gasteiger charge is 2.57. The van der Waals surface area contributed by atoms with Gasteiger partial charge in [0.2, 0.25) is 0 Å². The van der Waals surface area contributed by atoms with Crippen molar-refractivity contribution in [2.24, 2.45) is 0 Å². The maximum atomic E-state index is 13.4. The first-order valence-electron chi connectivity index (χ1n) is 8.13. The number of aliphatic hydroxyl groups excluding tert-OH is 1. The number of aromatic nitrogens is 4. The molecule has 0 unspecified atom stereocenters. The minimum absolute atomic E-state index is 0.0764. The quantitative estimate of drug-likeness (QED) is 0.634. The van der Waals surface area contributed by atoms with Gasteiger partial charge in [-0.25, -0.2) is 4.98 Å². The van der Waals surface area contributed by atoms with Crippen molar-refractivity contribution in [3.63, 3.8) is 0 Å². The van der Waals surface area contributed by atoms with Gasteiger partial charge in [-0.1, -0.05) is 0 Å². The molecule has 0 aliphatic rings. The van der Waals surface area contributed by atoms with Crippen LogP contribution in [-0.4, -0.2) is 62.1 Å². The minimum atomic E-state index is -5.89. The number of alkyl halides is 8. The summed E-state index contributed by atoms with van der Waals surface area (Å²) in [5, 5.41) is 12.0. The Morgan fingerprint density at radius 1 is 1.17 bits per heavy atom. The van der Waals surface area contributed by atoms with Crippen LogP contribution in [0.25, 0.3) is 11.1 Å². The minimum Gasteiger partial charge on any atom is -0.395 e. The summed E-state index contributed by atoms with van der Waals surface area (Å²) >= 11 is 0. The molecule has 0 saturated heterocycles. The van der Waals surface area contributed by atoms with E-state index in [9.17, 15) is 39.9 Å². The number of hydrogen-bond acceptors (Lipinski definition) is 5. The van der Waals surface area contributed by atoms with E-state index in [0.29, 0.717) is 12.4 Å². The Morgan fingerprint density at radius 2 is 1.80 bits per heavy atom. The van der Waals surface area contributed by atoms with Crippen LogP contribution in [0, 0.1) is 0 Å². The van der Waals surface area contributed by atoms with Gasteiger partial charge in [-0.2, -0.15) is 40.2 Å². The van der Waals surface area contributed by atoms with E-state index in [-0.39, 0.29) is 30.2 Å². The number of rotatable bonds is 7. The molecule has 0 aliphatic carbocycles. The summed E-state index contributed by atoms with van der Waals surface area (Å²) in [4.78, 5) is 19.1. The second-order valence-electron chi connectivity index (χ2n) is 6.32. The molecule has 2 heterocycles. The zero-order valence-electron chi connectivity index (χ0n) is 15.2. The SMILES string of the molecule is CN(CCO)Cc1nc(C(F)(F)F)c(-c2cnn(CC(F)(F)C(F)(F)F)c2)c(=O)[nH]1. The second kappa shape index (κ2) is 8.29. The van der Waals surface area contributed by atoms with Gasteiger partial charge in [-0.05, 0) is 7.05 Å². The van der Waals surface area contributed by atoms with Gasteiger partial charge in [0.05, 0.1) is 24.9 Å². The Labute approximate surface area is 162 Å². The van der Waals surface area contributed by atoms with Crippen molar-refractivity contribution in [1.29, 1.82) is 0 Å². The molecule has 15 heteroatoms. The van der Waals surface area contributed by atoms with Crippen molar-refractivity contribution in [3.05, 3.63) is 34.3 Å². The zero-order valence-corrected chi connectivity index (χ0v) is 15.2. The number of aliphatic hydroxyl groups is 1. The molecule has 7 nitrogen and oxygen atoms in total. The van der Waals surface area contributed by atoms with E-state index in [4.69, 9.17) is 5.11 Å². The van der Waals surface area contributed by atoms with Crippen molar-refractivity contribution >= 4 is 0 Å². The number of nitrogens with zero attached hydrogens (tertiary/aromatic N) is 4. The molecular formula is C15H15F8N5O2. The topological polar surface area (TPSA) is 87.0 Å². The molecule has 0 bridgehead atoms. The lowest BCUT2D eigenvalue weighted by Crippen LogP contribution is -2.40. The molecule has 0 amide bonds. The van der Waals surface area contributed by atoms with E-state index >= 15 is 0 Å². The van der Waals surface area contributed by atoms with Crippen LogP contribution in [0.2, 0.25) is 0 Å². The monoisotopic (exact) mass is 449 g/mol. The average Bonchev–Trinajstić information content (AvgIpc) is 2.99. The molecule has 168 valence electrons. The third-order valence-corrected chi connectivity index (χ3v) is 3.84. The molecule has 0 saturated carbocycles. The maximum Gasteiger partial charge on any atom is 0.455 e.